The van der Waals surface area contributed by atoms with E-state index in [-0.39, 0.29) is 18.8 Å². The van der Waals surface area contributed by atoms with Gasteiger partial charge in [0.1, 0.15) is 5.75 Å². The number of aliphatic carboxylic acids is 1. The molecule has 0 radical (unpaired) electrons. The zero-order valence-corrected chi connectivity index (χ0v) is 8.94. The van der Waals surface area contributed by atoms with Crippen LogP contribution in [0.5, 0.6) is 5.75 Å². The molecule has 0 spiro atoms. The maximum absolute atomic E-state index is 10.6. The van der Waals surface area contributed by atoms with Crippen molar-refractivity contribution in [3.63, 3.8) is 0 Å². The number of nitro groups is 2. The summed E-state index contributed by atoms with van der Waals surface area (Å²) in [6, 6.07) is 3.00. The number of carboxylic acids is 1. The van der Waals surface area contributed by atoms with E-state index in [0.717, 1.165) is 12.1 Å². The van der Waals surface area contributed by atoms with Crippen molar-refractivity contribution in [1.82, 2.24) is 0 Å². The molecule has 1 aromatic carbocycles. The molecule has 9 nitrogen and oxygen atoms in total. The van der Waals surface area contributed by atoms with Gasteiger partial charge in [-0.05, 0) is 6.07 Å². The van der Waals surface area contributed by atoms with Crippen LogP contribution in [0.25, 0.3) is 0 Å². The van der Waals surface area contributed by atoms with Gasteiger partial charge in [0.15, 0.2) is 0 Å². The van der Waals surface area contributed by atoms with Crippen molar-refractivity contribution in [1.29, 1.82) is 0 Å². The summed E-state index contributed by atoms with van der Waals surface area (Å²) in [6.45, 7) is -0.176. The quantitative estimate of drug-likeness (QED) is 0.599. The third-order valence-corrected chi connectivity index (χ3v) is 1.92. The fraction of sp³-hybridized carbons (Fsp3) is 0.222. The molecule has 0 saturated carbocycles. The average molecular weight is 256 g/mol. The number of benzene rings is 1. The Balaban J connectivity index is 2.90. The average Bonchev–Trinajstić information content (AvgIpc) is 2.28. The van der Waals surface area contributed by atoms with E-state index in [0.29, 0.717) is 0 Å². The number of hydrogen-bond donors (Lipinski definition) is 1. The van der Waals surface area contributed by atoms with E-state index in [4.69, 9.17) is 9.84 Å². The van der Waals surface area contributed by atoms with Gasteiger partial charge in [-0.25, -0.2) is 0 Å². The van der Waals surface area contributed by atoms with Crippen LogP contribution in [0.2, 0.25) is 0 Å². The van der Waals surface area contributed by atoms with Crippen molar-refractivity contribution < 1.29 is 24.5 Å². The lowest BCUT2D eigenvalue weighted by atomic mass is 10.2. The molecule has 0 unspecified atom stereocenters. The highest BCUT2D eigenvalue weighted by atomic mass is 16.6. The number of ether oxygens (including phenoxy) is 1. The maximum Gasteiger partial charge on any atom is 0.349 e. The molecule has 9 heteroatoms. The van der Waals surface area contributed by atoms with Crippen LogP contribution < -0.4 is 4.74 Å². The normalized spacial score (nSPS) is 9.78. The van der Waals surface area contributed by atoms with Crippen LogP contribution in [0.4, 0.5) is 11.4 Å². The minimum atomic E-state index is -1.08. The van der Waals surface area contributed by atoms with Crippen LogP contribution in [0, 0.1) is 20.2 Å². The Kier molecular flexibility index (Phi) is 4.13. The molecule has 0 aliphatic rings. The zero-order valence-electron chi connectivity index (χ0n) is 8.94. The molecule has 1 N–H and O–H groups in total. The van der Waals surface area contributed by atoms with Crippen molar-refractivity contribution >= 4 is 17.3 Å². The van der Waals surface area contributed by atoms with E-state index in [2.05, 4.69) is 0 Å². The number of carbonyl (C=O) groups is 1. The van der Waals surface area contributed by atoms with Gasteiger partial charge in [0.05, 0.1) is 28.9 Å². The molecule has 1 rings (SSSR count). The SMILES string of the molecule is O=C(O)CCOc1ccc([N+](=O)[O-])c([N+](=O)[O-])c1. The summed E-state index contributed by atoms with van der Waals surface area (Å²) in [5.41, 5.74) is -1.35. The molecular weight excluding hydrogens is 248 g/mol. The molecule has 1 aromatic rings. The second kappa shape index (κ2) is 5.57. The molecule has 0 aromatic heterocycles. The minimum absolute atomic E-state index is 0.00792. The number of nitrogens with zero attached hydrogens (tertiary/aromatic N) is 2. The van der Waals surface area contributed by atoms with Crippen LogP contribution in [0.1, 0.15) is 6.42 Å². The Morgan fingerprint density at radius 2 is 1.83 bits per heavy atom. The lowest BCUT2D eigenvalue weighted by Gasteiger charge is -2.04. The summed E-state index contributed by atoms with van der Waals surface area (Å²) in [4.78, 5) is 29.6. The minimum Gasteiger partial charge on any atom is -0.493 e. The third-order valence-electron chi connectivity index (χ3n) is 1.92. The number of nitro benzene ring substituents is 2. The van der Waals surface area contributed by atoms with Crippen molar-refractivity contribution in [2.24, 2.45) is 0 Å². The molecule has 0 heterocycles. The predicted molar refractivity (Wildman–Crippen MR) is 57.5 cm³/mol. The Labute approximate surface area is 99.9 Å². The van der Waals surface area contributed by atoms with Gasteiger partial charge in [-0.15, -0.1) is 0 Å². The largest absolute Gasteiger partial charge is 0.493 e. The molecule has 0 bridgehead atoms. The first-order valence-corrected chi connectivity index (χ1v) is 4.69. The molecule has 0 saturated heterocycles. The zero-order chi connectivity index (χ0) is 13.7. The van der Waals surface area contributed by atoms with E-state index >= 15 is 0 Å². The molecule has 0 aliphatic carbocycles. The Morgan fingerprint density at radius 3 is 2.33 bits per heavy atom. The highest BCUT2D eigenvalue weighted by molar-refractivity contribution is 5.66. The van der Waals surface area contributed by atoms with Gasteiger partial charge in [-0.2, -0.15) is 0 Å². The van der Waals surface area contributed by atoms with E-state index in [1.807, 2.05) is 0 Å². The first-order valence-electron chi connectivity index (χ1n) is 4.69. The summed E-state index contributed by atoms with van der Waals surface area (Å²) < 4.78 is 4.93. The highest BCUT2D eigenvalue weighted by Gasteiger charge is 2.24. The predicted octanol–water partition coefficient (Wildman–Crippen LogP) is 1.36. The fourth-order valence-corrected chi connectivity index (χ4v) is 1.15. The second-order valence-corrected chi connectivity index (χ2v) is 3.16. The van der Waals surface area contributed by atoms with Crippen molar-refractivity contribution in [3.8, 4) is 5.75 Å². The van der Waals surface area contributed by atoms with Gasteiger partial charge in [0, 0.05) is 6.07 Å². The summed E-state index contributed by atoms with van der Waals surface area (Å²) in [7, 11) is 0. The Morgan fingerprint density at radius 1 is 1.22 bits per heavy atom. The summed E-state index contributed by atoms with van der Waals surface area (Å²) in [5.74, 6) is -1.07. The number of rotatable bonds is 6. The summed E-state index contributed by atoms with van der Waals surface area (Å²) >= 11 is 0. The first kappa shape index (κ1) is 13.4. The fourth-order valence-electron chi connectivity index (χ4n) is 1.15. The van der Waals surface area contributed by atoms with Crippen molar-refractivity contribution in [2.45, 2.75) is 6.42 Å². The summed E-state index contributed by atoms with van der Waals surface area (Å²) in [5, 5.41) is 29.5. The first-order chi connectivity index (χ1) is 8.41. The second-order valence-electron chi connectivity index (χ2n) is 3.16. The third kappa shape index (κ3) is 3.40. The van der Waals surface area contributed by atoms with Crippen LogP contribution in [0.3, 0.4) is 0 Å². The molecule has 0 amide bonds. The van der Waals surface area contributed by atoms with Gasteiger partial charge in [0.2, 0.25) is 0 Å². The van der Waals surface area contributed by atoms with E-state index in [1.54, 1.807) is 0 Å². The van der Waals surface area contributed by atoms with Gasteiger partial charge in [-0.1, -0.05) is 0 Å². The molecule has 0 aliphatic heterocycles. The van der Waals surface area contributed by atoms with E-state index in [9.17, 15) is 25.0 Å². The summed E-state index contributed by atoms with van der Waals surface area (Å²) in [6.07, 6.45) is -0.273. The highest BCUT2D eigenvalue weighted by Crippen LogP contribution is 2.30. The molecule has 18 heavy (non-hydrogen) atoms. The molecule has 0 fully saturated rings. The van der Waals surface area contributed by atoms with Crippen molar-refractivity contribution in [2.75, 3.05) is 6.61 Å². The smallest absolute Gasteiger partial charge is 0.349 e. The Bertz CT molecular complexity index is 500. The topological polar surface area (TPSA) is 133 Å². The van der Waals surface area contributed by atoms with Gasteiger partial charge in [-0.3, -0.25) is 25.0 Å². The van der Waals surface area contributed by atoms with Crippen LogP contribution >= 0.6 is 0 Å². The molecule has 96 valence electrons. The standard InChI is InChI=1S/C9H8N2O7/c12-9(13)3-4-18-6-1-2-7(10(14)15)8(5-6)11(16)17/h1-2,5H,3-4H2,(H,12,13). The van der Waals surface area contributed by atoms with Crippen LogP contribution in [-0.4, -0.2) is 27.5 Å². The van der Waals surface area contributed by atoms with Gasteiger partial charge in [0.25, 0.3) is 0 Å². The number of carboxylic acid groups (broad SMARTS) is 1. The lowest BCUT2D eigenvalue weighted by Crippen LogP contribution is -2.05. The maximum atomic E-state index is 10.6. The van der Waals surface area contributed by atoms with Crippen molar-refractivity contribution in [3.05, 3.63) is 38.4 Å². The lowest BCUT2D eigenvalue weighted by molar-refractivity contribution is -0.422. The monoisotopic (exact) mass is 256 g/mol. The van der Waals surface area contributed by atoms with Gasteiger partial charge < -0.3 is 9.84 Å². The van der Waals surface area contributed by atoms with E-state index in [1.165, 1.54) is 6.07 Å². The molecular formula is C9H8N2O7. The van der Waals surface area contributed by atoms with Gasteiger partial charge >= 0.3 is 17.3 Å². The number of hydrogen-bond acceptors (Lipinski definition) is 6. The van der Waals surface area contributed by atoms with E-state index < -0.39 is 27.2 Å². The van der Waals surface area contributed by atoms with Crippen LogP contribution in [-0.2, 0) is 4.79 Å². The van der Waals surface area contributed by atoms with Crippen LogP contribution in [0.15, 0.2) is 18.2 Å². The molecule has 0 atom stereocenters. The Hall–Kier alpha value is -2.71.